The van der Waals surface area contributed by atoms with Crippen LogP contribution in [0.3, 0.4) is 0 Å². The number of aromatic amines is 1. The van der Waals surface area contributed by atoms with Crippen LogP contribution in [0, 0.1) is 6.92 Å². The number of halogens is 3. The number of carbonyl (C=O) groups excluding carboxylic acids is 1. The summed E-state index contributed by atoms with van der Waals surface area (Å²) in [6.45, 7) is 0.772. The number of fused-ring (bicyclic) bond motifs is 1. The number of hydrogen-bond donors (Lipinski definition) is 2. The Morgan fingerprint density at radius 1 is 1.32 bits per heavy atom. The van der Waals surface area contributed by atoms with Crippen LogP contribution in [0.25, 0.3) is 10.9 Å². The maximum atomic E-state index is 13.1. The molecule has 8 heteroatoms. The molecule has 1 aliphatic heterocycles. The smallest absolute Gasteiger partial charge is 0.379 e. The number of hydrogen-bond acceptors (Lipinski definition) is 3. The molecule has 2 aromatic rings. The van der Waals surface area contributed by atoms with E-state index >= 15 is 0 Å². The number of piperidine rings is 1. The molecule has 25 heavy (non-hydrogen) atoms. The highest BCUT2D eigenvalue weighted by Crippen LogP contribution is 2.37. The fraction of sp³-hybridized carbons (Fsp3) is 0.412. The number of para-hydroxylation sites is 1. The summed E-state index contributed by atoms with van der Waals surface area (Å²) < 4.78 is 39.2. The lowest BCUT2D eigenvalue weighted by molar-refractivity contribution is -0.271. The molecule has 1 fully saturated rings. The predicted molar refractivity (Wildman–Crippen MR) is 85.4 cm³/mol. The number of carbonyl (C=O) groups is 1. The molecule has 2 heterocycles. The molecule has 1 aliphatic rings. The minimum absolute atomic E-state index is 0.00623. The number of benzene rings is 1. The van der Waals surface area contributed by atoms with Crippen molar-refractivity contribution in [2.45, 2.75) is 31.5 Å². The normalized spacial score (nSPS) is 21.6. The number of pyridine rings is 1. The molecular weight excluding hydrogens is 337 g/mol. The molecule has 134 valence electrons. The Hall–Kier alpha value is -2.35. The molecule has 2 N–H and O–H groups in total. The van der Waals surface area contributed by atoms with Gasteiger partial charge in [0.2, 0.25) is 0 Å². The van der Waals surface area contributed by atoms with Crippen LogP contribution in [-0.2, 0) is 0 Å². The summed E-state index contributed by atoms with van der Waals surface area (Å²) in [5.41, 5.74) is -2.83. The zero-order valence-corrected chi connectivity index (χ0v) is 13.5. The summed E-state index contributed by atoms with van der Waals surface area (Å²) in [4.78, 5) is 28.5. The Morgan fingerprint density at radius 2 is 2.00 bits per heavy atom. The number of nitrogens with zero attached hydrogens (tertiary/aromatic N) is 1. The van der Waals surface area contributed by atoms with Crippen molar-refractivity contribution in [3.63, 3.8) is 0 Å². The first-order valence-electron chi connectivity index (χ1n) is 7.84. The van der Waals surface area contributed by atoms with Gasteiger partial charge in [0.15, 0.2) is 5.60 Å². The summed E-state index contributed by atoms with van der Waals surface area (Å²) in [5, 5.41) is 10.5. The first kappa shape index (κ1) is 17.5. The number of aromatic nitrogens is 1. The molecule has 1 aromatic heterocycles. The van der Waals surface area contributed by atoms with Crippen molar-refractivity contribution in [3.05, 3.63) is 45.7 Å². The first-order valence-corrected chi connectivity index (χ1v) is 7.84. The SMILES string of the molecule is Cc1c(C(=O)N2CCCC(O)(C(F)(F)F)C2)c(=O)[nH]c2ccccc12. The van der Waals surface area contributed by atoms with Crippen molar-refractivity contribution in [1.29, 1.82) is 0 Å². The minimum atomic E-state index is -4.84. The maximum absolute atomic E-state index is 13.1. The van der Waals surface area contributed by atoms with Crippen LogP contribution in [0.5, 0.6) is 0 Å². The van der Waals surface area contributed by atoms with Crippen LogP contribution in [0.15, 0.2) is 29.1 Å². The number of likely N-dealkylation sites (tertiary alicyclic amines) is 1. The van der Waals surface area contributed by atoms with Gasteiger partial charge in [0, 0.05) is 17.4 Å². The summed E-state index contributed by atoms with van der Waals surface area (Å²) >= 11 is 0. The topological polar surface area (TPSA) is 73.4 Å². The number of amides is 1. The predicted octanol–water partition coefficient (Wildman–Crippen LogP) is 2.37. The number of β-amino-alcohol motifs (C(OH)–C–C–N with tert-alkyl or cyclic N) is 1. The number of nitrogens with one attached hydrogen (secondary N) is 1. The van der Waals surface area contributed by atoms with Gasteiger partial charge in [0.1, 0.15) is 5.56 Å². The molecule has 1 unspecified atom stereocenters. The van der Waals surface area contributed by atoms with E-state index in [0.29, 0.717) is 16.5 Å². The Kier molecular flexibility index (Phi) is 4.10. The summed E-state index contributed by atoms with van der Waals surface area (Å²) in [6, 6.07) is 6.87. The van der Waals surface area contributed by atoms with Gasteiger partial charge in [-0.3, -0.25) is 9.59 Å². The van der Waals surface area contributed by atoms with Crippen molar-refractivity contribution in [1.82, 2.24) is 9.88 Å². The Labute approximate surface area is 141 Å². The first-order chi connectivity index (χ1) is 11.6. The molecule has 3 rings (SSSR count). The van der Waals surface area contributed by atoms with Gasteiger partial charge in [0.25, 0.3) is 11.5 Å². The lowest BCUT2D eigenvalue weighted by Crippen LogP contribution is -2.58. The zero-order chi connectivity index (χ0) is 18.4. The highest BCUT2D eigenvalue weighted by molar-refractivity contribution is 6.00. The molecule has 1 saturated heterocycles. The maximum Gasteiger partial charge on any atom is 0.418 e. The second-order valence-corrected chi connectivity index (χ2v) is 6.36. The van der Waals surface area contributed by atoms with Crippen LogP contribution in [-0.4, -0.2) is 45.8 Å². The zero-order valence-electron chi connectivity index (χ0n) is 13.5. The molecule has 0 radical (unpaired) electrons. The molecule has 0 saturated carbocycles. The van der Waals surface area contributed by atoms with E-state index in [1.165, 1.54) is 0 Å². The molecular formula is C17H17F3N2O3. The summed E-state index contributed by atoms with van der Waals surface area (Å²) in [5.74, 6) is -0.799. The number of H-pyrrole nitrogens is 1. The van der Waals surface area contributed by atoms with Gasteiger partial charge >= 0.3 is 6.18 Å². The Morgan fingerprint density at radius 3 is 2.68 bits per heavy atom. The van der Waals surface area contributed by atoms with Crippen LogP contribution in [0.2, 0.25) is 0 Å². The Bertz CT molecular complexity index is 891. The monoisotopic (exact) mass is 354 g/mol. The van der Waals surface area contributed by atoms with Crippen molar-refractivity contribution < 1.29 is 23.1 Å². The molecule has 0 aliphatic carbocycles. The van der Waals surface area contributed by atoms with Crippen molar-refractivity contribution in [2.24, 2.45) is 0 Å². The quantitative estimate of drug-likeness (QED) is 0.826. The number of aliphatic hydroxyl groups is 1. The van der Waals surface area contributed by atoms with E-state index in [1.54, 1.807) is 31.2 Å². The van der Waals surface area contributed by atoms with Gasteiger partial charge in [-0.25, -0.2) is 0 Å². The highest BCUT2D eigenvalue weighted by Gasteiger charge is 2.56. The lowest BCUT2D eigenvalue weighted by Gasteiger charge is -2.40. The molecule has 5 nitrogen and oxygen atoms in total. The molecule has 1 atom stereocenters. The van der Waals surface area contributed by atoms with E-state index in [0.717, 1.165) is 4.90 Å². The molecule has 0 bridgehead atoms. The van der Waals surface area contributed by atoms with Crippen molar-refractivity contribution in [2.75, 3.05) is 13.1 Å². The van der Waals surface area contributed by atoms with Crippen LogP contribution >= 0.6 is 0 Å². The third-order valence-electron chi connectivity index (χ3n) is 4.68. The van der Waals surface area contributed by atoms with Gasteiger partial charge in [-0.15, -0.1) is 0 Å². The van der Waals surface area contributed by atoms with E-state index in [-0.39, 0.29) is 18.5 Å². The van der Waals surface area contributed by atoms with E-state index < -0.39 is 36.2 Å². The standard InChI is InChI=1S/C17H17F3N2O3/c1-10-11-5-2-3-6-12(11)21-14(23)13(10)15(24)22-8-4-7-16(25,9-22)17(18,19)20/h2-3,5-6,25H,4,7-9H2,1H3,(H,21,23). The van der Waals surface area contributed by atoms with Gasteiger partial charge < -0.3 is 15.0 Å². The fourth-order valence-electron chi connectivity index (χ4n) is 3.27. The second kappa shape index (κ2) is 5.87. The van der Waals surface area contributed by atoms with Crippen LogP contribution in [0.1, 0.15) is 28.8 Å². The molecule has 0 spiro atoms. The fourth-order valence-corrected chi connectivity index (χ4v) is 3.27. The van der Waals surface area contributed by atoms with Gasteiger partial charge in [-0.1, -0.05) is 18.2 Å². The third kappa shape index (κ3) is 2.90. The lowest BCUT2D eigenvalue weighted by atomic mass is 9.91. The molecule has 1 aromatic carbocycles. The van der Waals surface area contributed by atoms with Gasteiger partial charge in [-0.05, 0) is 31.4 Å². The average molecular weight is 354 g/mol. The summed E-state index contributed by atoms with van der Waals surface area (Å²) in [6.07, 6.45) is -5.30. The Balaban J connectivity index is 2.01. The number of rotatable bonds is 1. The van der Waals surface area contributed by atoms with Gasteiger partial charge in [0.05, 0.1) is 6.54 Å². The van der Waals surface area contributed by atoms with Gasteiger partial charge in [-0.2, -0.15) is 13.2 Å². The van der Waals surface area contributed by atoms with Crippen molar-refractivity contribution >= 4 is 16.8 Å². The average Bonchev–Trinajstić information content (AvgIpc) is 2.54. The molecule has 1 amide bonds. The third-order valence-corrected chi connectivity index (χ3v) is 4.68. The van der Waals surface area contributed by atoms with Crippen LogP contribution < -0.4 is 5.56 Å². The van der Waals surface area contributed by atoms with E-state index in [2.05, 4.69) is 4.98 Å². The largest absolute Gasteiger partial charge is 0.418 e. The highest BCUT2D eigenvalue weighted by atomic mass is 19.4. The van der Waals surface area contributed by atoms with Crippen LogP contribution in [0.4, 0.5) is 13.2 Å². The minimum Gasteiger partial charge on any atom is -0.379 e. The van der Waals surface area contributed by atoms with E-state index in [4.69, 9.17) is 0 Å². The van der Waals surface area contributed by atoms with Crippen molar-refractivity contribution in [3.8, 4) is 0 Å². The van der Waals surface area contributed by atoms with E-state index in [1.807, 2.05) is 0 Å². The number of aryl methyl sites for hydroxylation is 1. The number of alkyl halides is 3. The summed E-state index contributed by atoms with van der Waals surface area (Å²) in [7, 11) is 0. The second-order valence-electron chi connectivity index (χ2n) is 6.36. The van der Waals surface area contributed by atoms with E-state index in [9.17, 15) is 27.9 Å².